The number of nitrogens with two attached hydrogens (primary N) is 1. The predicted molar refractivity (Wildman–Crippen MR) is 75.3 cm³/mol. The Balaban J connectivity index is 2.69. The van der Waals surface area contributed by atoms with Gasteiger partial charge in [-0.15, -0.1) is 0 Å². The maximum absolute atomic E-state index is 11.9. The summed E-state index contributed by atoms with van der Waals surface area (Å²) in [5.74, 6) is 0.152. The first-order valence-electron chi connectivity index (χ1n) is 6.00. The van der Waals surface area contributed by atoms with Crippen molar-refractivity contribution >= 4 is 28.2 Å². The van der Waals surface area contributed by atoms with Gasteiger partial charge in [0, 0.05) is 6.54 Å². The molecule has 0 saturated carbocycles. The van der Waals surface area contributed by atoms with Crippen molar-refractivity contribution in [2.24, 2.45) is 5.92 Å². The van der Waals surface area contributed by atoms with Crippen LogP contribution in [0.1, 0.15) is 23.5 Å². The van der Waals surface area contributed by atoms with E-state index in [1.165, 1.54) is 0 Å². The largest absolute Gasteiger partial charge is 0.394 e. The fraction of sp³-hybridized carbons (Fsp3) is 0.636. The Morgan fingerprint density at radius 3 is 2.58 bits per heavy atom. The molecule has 1 rings (SSSR count). The first kappa shape index (κ1) is 15.7. The second-order valence-electron chi connectivity index (χ2n) is 4.54. The summed E-state index contributed by atoms with van der Waals surface area (Å²) in [5.41, 5.74) is 5.68. The monoisotopic (exact) mass is 288 g/mol. The van der Waals surface area contributed by atoms with Crippen LogP contribution in [0.5, 0.6) is 0 Å². The molecular formula is C11H20N4O3S. The number of thiazole rings is 1. The van der Waals surface area contributed by atoms with Gasteiger partial charge in [-0.05, 0) is 5.92 Å². The number of amides is 1. The van der Waals surface area contributed by atoms with Crippen LogP contribution in [0, 0.1) is 5.92 Å². The molecule has 0 bridgehead atoms. The third-order valence-corrected chi connectivity index (χ3v) is 3.32. The third kappa shape index (κ3) is 4.66. The summed E-state index contributed by atoms with van der Waals surface area (Å²) in [4.78, 5) is 16.2. The number of hydrogen-bond donors (Lipinski definition) is 5. The molecule has 0 aromatic carbocycles. The number of nitrogen functional groups attached to an aromatic ring is 1. The maximum atomic E-state index is 11.9. The van der Waals surface area contributed by atoms with E-state index < -0.39 is 11.9 Å². The van der Waals surface area contributed by atoms with E-state index in [2.05, 4.69) is 29.5 Å². The predicted octanol–water partition coefficient (Wildman–Crippen LogP) is -0.124. The molecule has 1 aromatic rings. The Labute approximate surface area is 115 Å². The lowest BCUT2D eigenvalue weighted by atomic mass is 10.2. The third-order valence-electron chi connectivity index (χ3n) is 2.30. The van der Waals surface area contributed by atoms with E-state index in [4.69, 9.17) is 15.9 Å². The van der Waals surface area contributed by atoms with E-state index in [0.29, 0.717) is 11.0 Å². The van der Waals surface area contributed by atoms with Crippen LogP contribution < -0.4 is 16.4 Å². The fourth-order valence-corrected chi connectivity index (χ4v) is 2.06. The number of nitrogens with zero attached hydrogens (tertiary/aromatic N) is 1. The zero-order valence-corrected chi connectivity index (χ0v) is 11.8. The van der Waals surface area contributed by atoms with Gasteiger partial charge in [0.15, 0.2) is 5.13 Å². The van der Waals surface area contributed by atoms with Crippen LogP contribution in [-0.4, -0.2) is 46.9 Å². The summed E-state index contributed by atoms with van der Waals surface area (Å²) in [6, 6.07) is -0.693. The van der Waals surface area contributed by atoms with Crippen LogP contribution >= 0.6 is 11.3 Å². The minimum absolute atomic E-state index is 0.142. The molecule has 1 amide bonds. The van der Waals surface area contributed by atoms with Crippen molar-refractivity contribution in [2.45, 2.75) is 19.9 Å². The summed E-state index contributed by atoms with van der Waals surface area (Å²) in [6.07, 6.45) is 0. The molecule has 0 aliphatic rings. The molecule has 6 N–H and O–H groups in total. The van der Waals surface area contributed by atoms with Gasteiger partial charge in [-0.3, -0.25) is 4.79 Å². The van der Waals surface area contributed by atoms with Gasteiger partial charge >= 0.3 is 0 Å². The molecular weight excluding hydrogens is 268 g/mol. The average Bonchev–Trinajstić information content (AvgIpc) is 2.74. The summed E-state index contributed by atoms with van der Waals surface area (Å²) < 4.78 is 0. The van der Waals surface area contributed by atoms with Crippen molar-refractivity contribution in [1.82, 2.24) is 10.3 Å². The number of aromatic nitrogens is 1. The lowest BCUT2D eigenvalue weighted by molar-refractivity contribution is 0.0884. The molecule has 0 spiro atoms. The van der Waals surface area contributed by atoms with E-state index in [1.54, 1.807) is 0 Å². The highest BCUT2D eigenvalue weighted by atomic mass is 32.1. The molecule has 0 radical (unpaired) electrons. The standard InChI is InChI=1S/C11H20N4O3S/c1-6(2)3-13-11-15-9(12)8(19-11)10(18)14-7(4-16)5-17/h6-7,16-17H,3-5,12H2,1-2H3,(H,13,15)(H,14,18). The summed E-state index contributed by atoms with van der Waals surface area (Å²) >= 11 is 1.15. The molecule has 0 fully saturated rings. The summed E-state index contributed by atoms with van der Waals surface area (Å²) in [7, 11) is 0. The molecule has 0 unspecified atom stereocenters. The zero-order chi connectivity index (χ0) is 14.4. The van der Waals surface area contributed by atoms with Gasteiger partial charge in [-0.2, -0.15) is 0 Å². The van der Waals surface area contributed by atoms with Crippen LogP contribution in [-0.2, 0) is 0 Å². The van der Waals surface area contributed by atoms with Gasteiger partial charge in [0.2, 0.25) is 0 Å². The average molecular weight is 288 g/mol. The summed E-state index contributed by atoms with van der Waals surface area (Å²) in [5, 5.41) is 24.0. The van der Waals surface area contributed by atoms with Crippen molar-refractivity contribution in [3.63, 3.8) is 0 Å². The molecule has 108 valence electrons. The number of hydrogen-bond acceptors (Lipinski definition) is 7. The van der Waals surface area contributed by atoms with Gasteiger partial charge in [0.25, 0.3) is 5.91 Å². The summed E-state index contributed by atoms with van der Waals surface area (Å²) in [6.45, 7) is 4.19. The zero-order valence-electron chi connectivity index (χ0n) is 11.0. The Hall–Kier alpha value is -1.38. The van der Waals surface area contributed by atoms with Gasteiger partial charge in [-0.25, -0.2) is 4.98 Å². The van der Waals surface area contributed by atoms with Crippen LogP contribution in [0.3, 0.4) is 0 Å². The number of carbonyl (C=O) groups excluding carboxylic acids is 1. The Kier molecular flexibility index (Phi) is 6.00. The van der Waals surface area contributed by atoms with E-state index >= 15 is 0 Å². The SMILES string of the molecule is CC(C)CNc1nc(N)c(C(=O)NC(CO)CO)s1. The quantitative estimate of drug-likeness (QED) is 0.477. The van der Waals surface area contributed by atoms with Crippen molar-refractivity contribution in [1.29, 1.82) is 0 Å². The Morgan fingerprint density at radius 1 is 1.42 bits per heavy atom. The van der Waals surface area contributed by atoms with Crippen molar-refractivity contribution in [2.75, 3.05) is 30.8 Å². The highest BCUT2D eigenvalue weighted by Crippen LogP contribution is 2.25. The van der Waals surface area contributed by atoms with Gasteiger partial charge in [-0.1, -0.05) is 25.2 Å². The Bertz CT molecular complexity index is 418. The van der Waals surface area contributed by atoms with Crippen molar-refractivity contribution in [3.8, 4) is 0 Å². The van der Waals surface area contributed by atoms with E-state index in [1.807, 2.05) is 0 Å². The van der Waals surface area contributed by atoms with E-state index in [0.717, 1.165) is 17.9 Å². The van der Waals surface area contributed by atoms with E-state index in [9.17, 15) is 4.79 Å². The van der Waals surface area contributed by atoms with Crippen LogP contribution in [0.2, 0.25) is 0 Å². The molecule has 0 saturated heterocycles. The lowest BCUT2D eigenvalue weighted by Crippen LogP contribution is -2.40. The number of aliphatic hydroxyl groups excluding tert-OH is 2. The first-order valence-corrected chi connectivity index (χ1v) is 6.82. The number of rotatable bonds is 7. The number of anilines is 2. The second-order valence-corrected chi connectivity index (χ2v) is 5.54. The molecule has 7 nitrogen and oxygen atoms in total. The normalized spacial score (nSPS) is 11.1. The van der Waals surface area contributed by atoms with Crippen molar-refractivity contribution in [3.05, 3.63) is 4.88 Å². The van der Waals surface area contributed by atoms with Crippen LogP contribution in [0.15, 0.2) is 0 Å². The van der Waals surface area contributed by atoms with Gasteiger partial charge in [0.05, 0.1) is 19.3 Å². The molecule has 0 aliphatic heterocycles. The van der Waals surface area contributed by atoms with Crippen molar-refractivity contribution < 1.29 is 15.0 Å². The van der Waals surface area contributed by atoms with Crippen LogP contribution in [0.25, 0.3) is 0 Å². The lowest BCUT2D eigenvalue weighted by Gasteiger charge is -2.12. The molecule has 1 aromatic heterocycles. The smallest absolute Gasteiger partial charge is 0.265 e. The Morgan fingerprint density at radius 2 is 2.05 bits per heavy atom. The first-order chi connectivity index (χ1) is 8.97. The molecule has 1 heterocycles. The maximum Gasteiger partial charge on any atom is 0.265 e. The molecule has 0 atom stereocenters. The highest BCUT2D eigenvalue weighted by molar-refractivity contribution is 7.18. The van der Waals surface area contributed by atoms with Gasteiger partial charge < -0.3 is 26.6 Å². The van der Waals surface area contributed by atoms with Crippen LogP contribution in [0.4, 0.5) is 10.9 Å². The topological polar surface area (TPSA) is 120 Å². The molecule has 19 heavy (non-hydrogen) atoms. The minimum atomic E-state index is -0.693. The fourth-order valence-electron chi connectivity index (χ4n) is 1.26. The number of nitrogens with one attached hydrogen (secondary N) is 2. The number of carbonyl (C=O) groups is 1. The van der Waals surface area contributed by atoms with E-state index in [-0.39, 0.29) is 23.9 Å². The second kappa shape index (κ2) is 7.27. The van der Waals surface area contributed by atoms with Gasteiger partial charge in [0.1, 0.15) is 10.7 Å². The number of aliphatic hydroxyl groups is 2. The molecule has 0 aliphatic carbocycles. The highest BCUT2D eigenvalue weighted by Gasteiger charge is 2.19. The minimum Gasteiger partial charge on any atom is -0.394 e. The molecule has 8 heteroatoms.